The van der Waals surface area contributed by atoms with Crippen molar-refractivity contribution in [3.63, 3.8) is 0 Å². The minimum absolute atomic E-state index is 0.501. The van der Waals surface area contributed by atoms with E-state index >= 15 is 0 Å². The van der Waals surface area contributed by atoms with E-state index in [2.05, 4.69) is 16.0 Å². The first-order valence-corrected chi connectivity index (χ1v) is 6.83. The molecule has 0 aromatic carbocycles. The van der Waals surface area contributed by atoms with E-state index in [-0.39, 0.29) is 0 Å². The van der Waals surface area contributed by atoms with Gasteiger partial charge in [0.05, 0.1) is 6.61 Å². The molecule has 1 heterocycles. The maximum absolute atomic E-state index is 5.62. The lowest BCUT2D eigenvalue weighted by Crippen LogP contribution is -2.14. The van der Waals surface area contributed by atoms with E-state index in [9.17, 15) is 0 Å². The average Bonchev–Trinajstić information content (AvgIpc) is 2.41. The molecular formula is C14H19ClN2O. The van der Waals surface area contributed by atoms with Gasteiger partial charge in [0.15, 0.2) is 0 Å². The van der Waals surface area contributed by atoms with Gasteiger partial charge in [-0.3, -0.25) is 0 Å². The number of allylic oxidation sites excluding steroid dienone is 1. The highest BCUT2D eigenvalue weighted by atomic mass is 35.5. The monoisotopic (exact) mass is 266 g/mol. The first-order chi connectivity index (χ1) is 8.83. The van der Waals surface area contributed by atoms with Crippen LogP contribution >= 0.6 is 11.6 Å². The Balaban J connectivity index is 1.92. The molecule has 0 radical (unpaired) electrons. The molecule has 1 aliphatic carbocycles. The topological polar surface area (TPSA) is 35.0 Å². The molecule has 18 heavy (non-hydrogen) atoms. The summed E-state index contributed by atoms with van der Waals surface area (Å²) in [5, 5.41) is 0. The Morgan fingerprint density at radius 1 is 1.28 bits per heavy atom. The van der Waals surface area contributed by atoms with Crippen LogP contribution in [0.5, 0.6) is 0 Å². The number of rotatable bonds is 4. The van der Waals surface area contributed by atoms with Crippen molar-refractivity contribution in [2.45, 2.75) is 38.2 Å². The molecule has 0 spiro atoms. The molecule has 0 atom stereocenters. The summed E-state index contributed by atoms with van der Waals surface area (Å²) in [5.41, 5.74) is 2.67. The molecule has 0 saturated heterocycles. The number of ether oxygens (including phenoxy) is 1. The Labute approximate surface area is 113 Å². The zero-order valence-electron chi connectivity index (χ0n) is 10.7. The van der Waals surface area contributed by atoms with Crippen LogP contribution in [0.15, 0.2) is 24.0 Å². The second kappa shape index (κ2) is 6.86. The van der Waals surface area contributed by atoms with Crippen LogP contribution in [0.25, 0.3) is 0 Å². The molecule has 2 rings (SSSR count). The Morgan fingerprint density at radius 2 is 1.94 bits per heavy atom. The summed E-state index contributed by atoms with van der Waals surface area (Å²) in [6.45, 7) is 0.577. The molecule has 0 unspecified atom stereocenters. The van der Waals surface area contributed by atoms with Crippen molar-refractivity contribution in [1.82, 2.24) is 9.97 Å². The van der Waals surface area contributed by atoms with Gasteiger partial charge in [0, 0.05) is 36.5 Å². The Morgan fingerprint density at radius 3 is 2.50 bits per heavy atom. The Kier molecular flexibility index (Phi) is 5.14. The first-order valence-electron chi connectivity index (χ1n) is 6.40. The van der Waals surface area contributed by atoms with E-state index < -0.39 is 0 Å². The van der Waals surface area contributed by atoms with Crippen molar-refractivity contribution in [1.29, 1.82) is 0 Å². The molecule has 1 aliphatic rings. The number of hydrogen-bond acceptors (Lipinski definition) is 3. The summed E-state index contributed by atoms with van der Waals surface area (Å²) in [4.78, 5) is 8.91. The van der Waals surface area contributed by atoms with Gasteiger partial charge in [-0.2, -0.15) is 0 Å². The van der Waals surface area contributed by atoms with Crippen LogP contribution in [0.2, 0.25) is 0 Å². The van der Waals surface area contributed by atoms with Crippen LogP contribution in [-0.4, -0.2) is 17.1 Å². The van der Waals surface area contributed by atoms with Gasteiger partial charge in [0.1, 0.15) is 5.82 Å². The lowest BCUT2D eigenvalue weighted by molar-refractivity contribution is 0.184. The maximum Gasteiger partial charge on any atom is 0.131 e. The third-order valence-corrected chi connectivity index (χ3v) is 3.66. The number of aromatic nitrogens is 2. The molecule has 98 valence electrons. The number of halogens is 1. The Bertz CT molecular complexity index is 383. The third-order valence-electron chi connectivity index (χ3n) is 3.52. The van der Waals surface area contributed by atoms with Crippen molar-refractivity contribution in [3.05, 3.63) is 35.4 Å². The lowest BCUT2D eigenvalue weighted by Gasteiger charge is -2.25. The fourth-order valence-electron chi connectivity index (χ4n) is 2.49. The highest BCUT2D eigenvalue weighted by molar-refractivity contribution is 6.25. The number of nitrogens with zero attached hydrogens (tertiary/aromatic N) is 2. The highest BCUT2D eigenvalue weighted by Crippen LogP contribution is 2.34. The molecule has 0 aliphatic heterocycles. The summed E-state index contributed by atoms with van der Waals surface area (Å²) in [6, 6.07) is 0. The quantitative estimate of drug-likeness (QED) is 0.834. The minimum Gasteiger partial charge on any atom is -0.380 e. The molecule has 0 bridgehead atoms. The van der Waals surface area contributed by atoms with Gasteiger partial charge in [-0.05, 0) is 31.6 Å². The third kappa shape index (κ3) is 3.53. The van der Waals surface area contributed by atoms with E-state index in [1.54, 1.807) is 12.6 Å². The molecule has 4 heteroatoms. The molecule has 1 saturated carbocycles. The lowest BCUT2D eigenvalue weighted by atomic mass is 9.82. The fourth-order valence-corrected chi connectivity index (χ4v) is 2.70. The van der Waals surface area contributed by atoms with Gasteiger partial charge in [-0.15, -0.1) is 0 Å². The van der Waals surface area contributed by atoms with E-state index in [1.807, 2.05) is 12.4 Å². The second-order valence-corrected chi connectivity index (χ2v) is 5.06. The average molecular weight is 267 g/mol. The molecular weight excluding hydrogens is 248 g/mol. The van der Waals surface area contributed by atoms with Crippen LogP contribution < -0.4 is 0 Å². The smallest absolute Gasteiger partial charge is 0.131 e. The number of methoxy groups -OCH3 is 1. The van der Waals surface area contributed by atoms with Gasteiger partial charge in [0.25, 0.3) is 0 Å². The van der Waals surface area contributed by atoms with Crippen molar-refractivity contribution in [3.8, 4) is 0 Å². The van der Waals surface area contributed by atoms with Gasteiger partial charge in [0.2, 0.25) is 0 Å². The van der Waals surface area contributed by atoms with Crippen molar-refractivity contribution >= 4 is 11.6 Å². The van der Waals surface area contributed by atoms with Gasteiger partial charge in [-0.25, -0.2) is 9.97 Å². The molecule has 1 aromatic heterocycles. The van der Waals surface area contributed by atoms with Gasteiger partial charge in [-0.1, -0.05) is 17.7 Å². The van der Waals surface area contributed by atoms with E-state index in [0.717, 1.165) is 24.2 Å². The minimum atomic E-state index is 0.501. The fraction of sp³-hybridized carbons (Fsp3) is 0.571. The predicted molar refractivity (Wildman–Crippen MR) is 72.4 cm³/mol. The zero-order chi connectivity index (χ0) is 12.8. The van der Waals surface area contributed by atoms with E-state index in [0.29, 0.717) is 18.4 Å². The molecule has 1 fully saturated rings. The van der Waals surface area contributed by atoms with E-state index in [1.165, 1.54) is 12.8 Å². The summed E-state index contributed by atoms with van der Waals surface area (Å²) < 4.78 is 5.05. The zero-order valence-corrected chi connectivity index (χ0v) is 11.4. The van der Waals surface area contributed by atoms with Crippen LogP contribution in [0.3, 0.4) is 0 Å². The summed E-state index contributed by atoms with van der Waals surface area (Å²) in [5.74, 6) is 2.11. The van der Waals surface area contributed by atoms with Crippen molar-refractivity contribution < 1.29 is 4.74 Å². The van der Waals surface area contributed by atoms with Gasteiger partial charge < -0.3 is 4.74 Å². The molecule has 3 nitrogen and oxygen atoms in total. The largest absolute Gasteiger partial charge is 0.380 e. The van der Waals surface area contributed by atoms with Crippen LogP contribution in [-0.2, 0) is 11.3 Å². The molecule has 1 aromatic rings. The summed E-state index contributed by atoms with van der Waals surface area (Å²) in [7, 11) is 1.68. The predicted octanol–water partition coefficient (Wildman–Crippen LogP) is 3.65. The summed E-state index contributed by atoms with van der Waals surface area (Å²) >= 11 is 5.62. The first kappa shape index (κ1) is 13.5. The standard InChI is InChI=1S/C14H19ClN2O/c1-18-10-12-8-16-14(17-9-12)13-4-2-11(3-5-13)6-7-15/h6-9,11,13H,2-5,10H2,1H3/b7-6+. The van der Waals surface area contributed by atoms with Gasteiger partial charge >= 0.3 is 0 Å². The van der Waals surface area contributed by atoms with Crippen LogP contribution in [0.4, 0.5) is 0 Å². The van der Waals surface area contributed by atoms with Crippen molar-refractivity contribution in [2.24, 2.45) is 5.92 Å². The number of hydrogen-bond donors (Lipinski definition) is 0. The SMILES string of the molecule is COCc1cnc(C2CCC(/C=C/Cl)CC2)nc1. The van der Waals surface area contributed by atoms with E-state index in [4.69, 9.17) is 16.3 Å². The Hall–Kier alpha value is -0.930. The normalized spacial score (nSPS) is 24.6. The second-order valence-electron chi connectivity index (χ2n) is 4.81. The van der Waals surface area contributed by atoms with Crippen LogP contribution in [0, 0.1) is 5.92 Å². The summed E-state index contributed by atoms with van der Waals surface area (Å²) in [6.07, 6.45) is 10.5. The molecule has 0 amide bonds. The highest BCUT2D eigenvalue weighted by Gasteiger charge is 2.22. The molecule has 0 N–H and O–H groups in total. The maximum atomic E-state index is 5.62. The van der Waals surface area contributed by atoms with Crippen LogP contribution in [0.1, 0.15) is 43.0 Å². The van der Waals surface area contributed by atoms with Crippen molar-refractivity contribution in [2.75, 3.05) is 7.11 Å².